The van der Waals surface area contributed by atoms with Crippen molar-refractivity contribution in [3.8, 4) is 0 Å². The number of nitrogens with two attached hydrogens (primary N) is 1. The summed E-state index contributed by atoms with van der Waals surface area (Å²) >= 11 is 1.75. The Bertz CT molecular complexity index is 553. The van der Waals surface area contributed by atoms with Gasteiger partial charge in [-0.3, -0.25) is 4.79 Å². The van der Waals surface area contributed by atoms with Gasteiger partial charge in [0.2, 0.25) is 11.8 Å². The van der Waals surface area contributed by atoms with Crippen molar-refractivity contribution in [1.82, 2.24) is 15.0 Å². The van der Waals surface area contributed by atoms with Crippen LogP contribution in [0.4, 0.5) is 0 Å². The van der Waals surface area contributed by atoms with Crippen molar-refractivity contribution >= 4 is 17.7 Å². The van der Waals surface area contributed by atoms with E-state index >= 15 is 0 Å². The Morgan fingerprint density at radius 3 is 2.81 bits per heavy atom. The fourth-order valence-electron chi connectivity index (χ4n) is 3.11. The molecule has 1 aliphatic heterocycles. The Labute approximate surface area is 127 Å². The number of hydrogen-bond acceptors (Lipinski definition) is 6. The third-order valence-corrected chi connectivity index (χ3v) is 6.05. The van der Waals surface area contributed by atoms with Gasteiger partial charge < -0.3 is 15.2 Å². The molecule has 0 bridgehead atoms. The smallest absolute Gasteiger partial charge is 0.250 e. The van der Waals surface area contributed by atoms with Crippen molar-refractivity contribution in [2.24, 2.45) is 11.7 Å². The largest absolute Gasteiger partial charge is 0.337 e. The lowest BCUT2D eigenvalue weighted by molar-refractivity contribution is -0.139. The third kappa shape index (κ3) is 2.17. The number of thioether (sulfide) groups is 1. The number of rotatable bonds is 3. The SMILES string of the molecule is NC1(c2noc(C3CSCN3C(=O)C3CCC3)n2)CCC1. The van der Waals surface area contributed by atoms with E-state index in [0.717, 1.165) is 43.7 Å². The average Bonchev–Trinajstić information content (AvgIpc) is 3.02. The Morgan fingerprint density at radius 1 is 1.38 bits per heavy atom. The van der Waals surface area contributed by atoms with Gasteiger partial charge in [-0.05, 0) is 32.1 Å². The van der Waals surface area contributed by atoms with Gasteiger partial charge in [-0.1, -0.05) is 11.6 Å². The highest BCUT2D eigenvalue weighted by molar-refractivity contribution is 7.99. The predicted octanol–water partition coefficient (Wildman–Crippen LogP) is 1.78. The molecule has 114 valence electrons. The van der Waals surface area contributed by atoms with E-state index in [2.05, 4.69) is 10.1 Å². The molecule has 7 heteroatoms. The highest BCUT2D eigenvalue weighted by atomic mass is 32.2. The van der Waals surface area contributed by atoms with Gasteiger partial charge in [0.05, 0.1) is 11.4 Å². The van der Waals surface area contributed by atoms with Crippen molar-refractivity contribution in [1.29, 1.82) is 0 Å². The van der Waals surface area contributed by atoms with Gasteiger partial charge in [0.1, 0.15) is 6.04 Å². The lowest BCUT2D eigenvalue weighted by Crippen LogP contribution is -2.44. The summed E-state index contributed by atoms with van der Waals surface area (Å²) < 4.78 is 5.43. The van der Waals surface area contributed by atoms with Crippen molar-refractivity contribution in [2.75, 3.05) is 11.6 Å². The van der Waals surface area contributed by atoms with E-state index in [0.29, 0.717) is 11.7 Å². The van der Waals surface area contributed by atoms with Crippen LogP contribution in [0, 0.1) is 5.92 Å². The Kier molecular flexibility index (Phi) is 3.22. The van der Waals surface area contributed by atoms with Gasteiger partial charge in [-0.25, -0.2) is 0 Å². The maximum atomic E-state index is 12.5. The van der Waals surface area contributed by atoms with Gasteiger partial charge in [-0.2, -0.15) is 4.98 Å². The molecule has 0 spiro atoms. The van der Waals surface area contributed by atoms with Crippen molar-refractivity contribution in [3.05, 3.63) is 11.7 Å². The molecule has 3 aliphatic rings. The molecule has 2 saturated carbocycles. The first kappa shape index (κ1) is 13.6. The summed E-state index contributed by atoms with van der Waals surface area (Å²) in [5.41, 5.74) is 5.83. The highest BCUT2D eigenvalue weighted by Crippen LogP contribution is 2.40. The molecule has 1 atom stereocenters. The van der Waals surface area contributed by atoms with Crippen LogP contribution in [0.3, 0.4) is 0 Å². The molecule has 0 aromatic carbocycles. The van der Waals surface area contributed by atoms with Crippen LogP contribution in [0.5, 0.6) is 0 Å². The Balaban J connectivity index is 1.53. The number of nitrogens with zero attached hydrogens (tertiary/aromatic N) is 3. The summed E-state index contributed by atoms with van der Waals surface area (Å²) in [7, 11) is 0. The lowest BCUT2D eigenvalue weighted by atomic mass is 9.77. The molecule has 2 heterocycles. The molecule has 6 nitrogen and oxygen atoms in total. The summed E-state index contributed by atoms with van der Waals surface area (Å²) in [6, 6.07) is -0.0759. The van der Waals surface area contributed by atoms with Crippen LogP contribution in [0.1, 0.15) is 56.3 Å². The first-order chi connectivity index (χ1) is 10.2. The minimum absolute atomic E-state index is 0.0759. The van der Waals surface area contributed by atoms with Crippen LogP contribution in [-0.2, 0) is 10.3 Å². The normalized spacial score (nSPS) is 28.2. The van der Waals surface area contributed by atoms with Crippen LogP contribution in [0.2, 0.25) is 0 Å². The Hall–Kier alpha value is -1.08. The summed E-state index contributed by atoms with van der Waals surface area (Å²) in [4.78, 5) is 18.9. The summed E-state index contributed by atoms with van der Waals surface area (Å²) in [5, 5.41) is 4.07. The van der Waals surface area contributed by atoms with E-state index in [1.807, 2.05) is 4.90 Å². The molecular formula is C14H20N4O2S. The maximum absolute atomic E-state index is 12.5. The minimum atomic E-state index is -0.406. The zero-order chi connectivity index (χ0) is 14.4. The number of carbonyl (C=O) groups is 1. The topological polar surface area (TPSA) is 85.2 Å². The fraction of sp³-hybridized carbons (Fsp3) is 0.786. The monoisotopic (exact) mass is 308 g/mol. The lowest BCUT2D eigenvalue weighted by Gasteiger charge is -2.34. The maximum Gasteiger partial charge on any atom is 0.250 e. The van der Waals surface area contributed by atoms with Crippen molar-refractivity contribution in [3.63, 3.8) is 0 Å². The van der Waals surface area contributed by atoms with E-state index in [4.69, 9.17) is 10.3 Å². The molecule has 4 rings (SSSR count). The van der Waals surface area contributed by atoms with Crippen LogP contribution >= 0.6 is 11.8 Å². The van der Waals surface area contributed by atoms with E-state index < -0.39 is 5.54 Å². The van der Waals surface area contributed by atoms with Crippen LogP contribution in [-0.4, -0.2) is 32.6 Å². The molecule has 1 unspecified atom stereocenters. The van der Waals surface area contributed by atoms with Gasteiger partial charge in [0, 0.05) is 11.7 Å². The van der Waals surface area contributed by atoms with E-state index in [-0.39, 0.29) is 17.9 Å². The second-order valence-corrected chi connectivity index (χ2v) is 7.42. The molecule has 1 aromatic rings. The molecule has 2 N–H and O–H groups in total. The number of aromatic nitrogens is 2. The molecule has 0 radical (unpaired) electrons. The van der Waals surface area contributed by atoms with Gasteiger partial charge >= 0.3 is 0 Å². The van der Waals surface area contributed by atoms with Crippen LogP contribution < -0.4 is 5.73 Å². The second kappa shape index (κ2) is 4.98. The second-order valence-electron chi connectivity index (χ2n) is 6.42. The molecule has 2 aliphatic carbocycles. The van der Waals surface area contributed by atoms with E-state index in [9.17, 15) is 4.79 Å². The highest BCUT2D eigenvalue weighted by Gasteiger charge is 2.42. The number of amides is 1. The molecule has 21 heavy (non-hydrogen) atoms. The molecule has 1 saturated heterocycles. The Morgan fingerprint density at radius 2 is 2.19 bits per heavy atom. The standard InChI is InChI=1S/C14H20N4O2S/c15-14(5-2-6-14)13-16-11(20-17-13)10-7-21-8-18(10)12(19)9-3-1-4-9/h9-10H,1-8,15H2. The third-order valence-electron chi connectivity index (χ3n) is 5.04. The zero-order valence-corrected chi connectivity index (χ0v) is 12.8. The quantitative estimate of drug-likeness (QED) is 0.916. The molecule has 3 fully saturated rings. The first-order valence-electron chi connectivity index (χ1n) is 7.68. The van der Waals surface area contributed by atoms with Gasteiger partial charge in [0.15, 0.2) is 5.82 Å². The summed E-state index contributed by atoms with van der Waals surface area (Å²) in [5.74, 6) is 3.18. The van der Waals surface area contributed by atoms with Crippen molar-refractivity contribution < 1.29 is 9.32 Å². The molecular weight excluding hydrogens is 288 g/mol. The van der Waals surface area contributed by atoms with Crippen LogP contribution in [0.15, 0.2) is 4.52 Å². The first-order valence-corrected chi connectivity index (χ1v) is 8.84. The van der Waals surface area contributed by atoms with E-state index in [1.54, 1.807) is 11.8 Å². The number of hydrogen-bond donors (Lipinski definition) is 1. The van der Waals surface area contributed by atoms with Gasteiger partial charge in [0.25, 0.3) is 0 Å². The summed E-state index contributed by atoms with van der Waals surface area (Å²) in [6.07, 6.45) is 6.15. The van der Waals surface area contributed by atoms with Crippen molar-refractivity contribution in [2.45, 2.75) is 50.1 Å². The predicted molar refractivity (Wildman–Crippen MR) is 78.3 cm³/mol. The average molecular weight is 308 g/mol. The number of carbonyl (C=O) groups excluding carboxylic acids is 1. The zero-order valence-electron chi connectivity index (χ0n) is 12.0. The van der Waals surface area contributed by atoms with Gasteiger partial charge in [-0.15, -0.1) is 11.8 Å². The minimum Gasteiger partial charge on any atom is -0.337 e. The molecule has 1 aromatic heterocycles. The van der Waals surface area contributed by atoms with E-state index in [1.165, 1.54) is 6.42 Å². The summed E-state index contributed by atoms with van der Waals surface area (Å²) in [6.45, 7) is 0. The van der Waals surface area contributed by atoms with Crippen LogP contribution in [0.25, 0.3) is 0 Å². The molecule has 1 amide bonds. The fourth-order valence-corrected chi connectivity index (χ4v) is 4.26.